The van der Waals surface area contributed by atoms with E-state index in [1.807, 2.05) is 0 Å². The average Bonchev–Trinajstić information content (AvgIpc) is 2.38. The van der Waals surface area contributed by atoms with Gasteiger partial charge in [0.25, 0.3) is 0 Å². The van der Waals surface area contributed by atoms with Gasteiger partial charge >= 0.3 is 6.18 Å². The maximum atomic E-state index is 13.9. The lowest BCUT2D eigenvalue weighted by Crippen LogP contribution is -2.26. The summed E-state index contributed by atoms with van der Waals surface area (Å²) in [6, 6.07) is 8.00. The third kappa shape index (κ3) is 3.36. The van der Waals surface area contributed by atoms with Crippen LogP contribution in [0.1, 0.15) is 12.0 Å². The van der Waals surface area contributed by atoms with E-state index in [1.165, 1.54) is 12.1 Å². The van der Waals surface area contributed by atoms with Crippen LogP contribution in [0.25, 0.3) is 5.83 Å². The van der Waals surface area contributed by atoms with Gasteiger partial charge in [-0.25, -0.2) is 4.39 Å². The smallest absolute Gasteiger partial charge is 0.381 e. The van der Waals surface area contributed by atoms with Crippen LogP contribution in [0.2, 0.25) is 0 Å². The number of hydrogen-bond acceptors (Lipinski definition) is 1. The quantitative estimate of drug-likeness (QED) is 0.808. The van der Waals surface area contributed by atoms with Crippen molar-refractivity contribution in [2.45, 2.75) is 18.2 Å². The first-order valence-corrected chi connectivity index (χ1v) is 5.93. The Morgan fingerprint density at radius 2 is 1.85 bits per heavy atom. The van der Waals surface area contributed by atoms with Crippen LogP contribution in [-0.4, -0.2) is 16.9 Å². The molecule has 1 atom stereocenters. The van der Waals surface area contributed by atoms with Crippen molar-refractivity contribution < 1.29 is 22.7 Å². The summed E-state index contributed by atoms with van der Waals surface area (Å²) in [5.74, 6) is -0.679. The molecule has 2 rings (SSSR count). The van der Waals surface area contributed by atoms with Gasteiger partial charge in [0, 0.05) is 12.0 Å². The second kappa shape index (κ2) is 5.25. The molecule has 0 saturated heterocycles. The van der Waals surface area contributed by atoms with Crippen LogP contribution < -0.4 is 0 Å². The Hall–Kier alpha value is -1.88. The molecule has 1 aliphatic rings. The average molecular weight is 284 g/mol. The summed E-state index contributed by atoms with van der Waals surface area (Å²) in [6.07, 6.45) is -1.29. The van der Waals surface area contributed by atoms with E-state index in [-0.39, 0.29) is 12.0 Å². The second-order valence-electron chi connectivity index (χ2n) is 4.54. The number of benzene rings is 1. The lowest BCUT2D eigenvalue weighted by Gasteiger charge is -2.24. The molecule has 1 nitrogen and oxygen atoms in total. The molecule has 1 N–H and O–H groups in total. The Kier molecular flexibility index (Phi) is 3.81. The van der Waals surface area contributed by atoms with E-state index in [0.717, 1.165) is 24.3 Å². The first-order chi connectivity index (χ1) is 9.30. The lowest BCUT2D eigenvalue weighted by atomic mass is 9.90. The van der Waals surface area contributed by atoms with Gasteiger partial charge in [-0.3, -0.25) is 0 Å². The summed E-state index contributed by atoms with van der Waals surface area (Å²) in [4.78, 5) is 0. The Balaban J connectivity index is 2.20. The van der Waals surface area contributed by atoms with Crippen molar-refractivity contribution in [3.05, 3.63) is 65.8 Å². The maximum Gasteiger partial charge on any atom is 0.416 e. The summed E-state index contributed by atoms with van der Waals surface area (Å²) >= 11 is 0. The zero-order valence-electron chi connectivity index (χ0n) is 10.4. The summed E-state index contributed by atoms with van der Waals surface area (Å²) in [6.45, 7) is 0. The molecule has 0 aromatic heterocycles. The highest BCUT2D eigenvalue weighted by molar-refractivity contribution is 5.61. The Bertz CT molecular complexity index is 569. The van der Waals surface area contributed by atoms with Gasteiger partial charge in [-0.05, 0) is 12.2 Å². The van der Waals surface area contributed by atoms with Crippen LogP contribution in [0, 0.1) is 0 Å². The molecule has 1 aromatic rings. The molecule has 106 valence electrons. The van der Waals surface area contributed by atoms with Crippen LogP contribution in [0.3, 0.4) is 0 Å². The Morgan fingerprint density at radius 1 is 1.20 bits per heavy atom. The van der Waals surface area contributed by atoms with Gasteiger partial charge in [-0.15, -0.1) is 0 Å². The second-order valence-corrected chi connectivity index (χ2v) is 4.54. The van der Waals surface area contributed by atoms with E-state index < -0.39 is 23.2 Å². The molecule has 0 aliphatic heterocycles. The molecule has 0 amide bonds. The van der Waals surface area contributed by atoms with Gasteiger partial charge in [0.15, 0.2) is 0 Å². The van der Waals surface area contributed by atoms with Crippen LogP contribution in [0.15, 0.2) is 60.2 Å². The molecular weight excluding hydrogens is 272 g/mol. The molecule has 0 radical (unpaired) electrons. The van der Waals surface area contributed by atoms with Crippen molar-refractivity contribution in [2.24, 2.45) is 0 Å². The minimum atomic E-state index is -4.46. The molecule has 20 heavy (non-hydrogen) atoms. The van der Waals surface area contributed by atoms with Crippen LogP contribution in [-0.2, 0) is 0 Å². The summed E-state index contributed by atoms with van der Waals surface area (Å²) in [5.41, 5.74) is -2.31. The SMILES string of the molecule is OC1(/C=C(/F)c2ccccc2)C=CC(C(F)(F)F)=CC1. The molecule has 1 unspecified atom stereocenters. The highest BCUT2D eigenvalue weighted by Gasteiger charge is 2.35. The number of alkyl halides is 3. The molecule has 0 spiro atoms. The third-order valence-corrected chi connectivity index (χ3v) is 2.95. The summed E-state index contributed by atoms with van der Waals surface area (Å²) < 4.78 is 51.2. The fourth-order valence-electron chi connectivity index (χ4n) is 1.86. The molecule has 0 saturated carbocycles. The highest BCUT2D eigenvalue weighted by atomic mass is 19.4. The van der Waals surface area contributed by atoms with E-state index in [2.05, 4.69) is 0 Å². The van der Waals surface area contributed by atoms with Gasteiger partial charge in [0.1, 0.15) is 11.4 Å². The largest absolute Gasteiger partial charge is 0.416 e. The fourth-order valence-corrected chi connectivity index (χ4v) is 1.86. The zero-order valence-corrected chi connectivity index (χ0v) is 10.4. The minimum absolute atomic E-state index is 0.264. The predicted molar refractivity (Wildman–Crippen MR) is 68.4 cm³/mol. The molecule has 0 fully saturated rings. The molecule has 5 heteroatoms. The standard InChI is InChI=1S/C15H12F4O/c16-13(11-4-2-1-3-5-11)10-14(20)8-6-12(7-9-14)15(17,18)19/h1-8,10,20H,9H2/b13-10+. The van der Waals surface area contributed by atoms with Crippen molar-refractivity contribution in [3.8, 4) is 0 Å². The van der Waals surface area contributed by atoms with Crippen molar-refractivity contribution in [2.75, 3.05) is 0 Å². The number of rotatable bonds is 2. The van der Waals surface area contributed by atoms with E-state index in [0.29, 0.717) is 0 Å². The van der Waals surface area contributed by atoms with Crippen molar-refractivity contribution in [1.29, 1.82) is 0 Å². The fraction of sp³-hybridized carbons (Fsp3) is 0.200. The zero-order chi connectivity index (χ0) is 14.8. The molecular formula is C15H12F4O. The first-order valence-electron chi connectivity index (χ1n) is 5.93. The van der Waals surface area contributed by atoms with E-state index in [1.54, 1.807) is 18.2 Å². The van der Waals surface area contributed by atoms with E-state index in [9.17, 15) is 22.7 Å². The summed E-state index contributed by atoms with van der Waals surface area (Å²) in [5, 5.41) is 10.1. The highest BCUT2D eigenvalue weighted by Crippen LogP contribution is 2.34. The molecule has 0 bridgehead atoms. The first kappa shape index (κ1) is 14.5. The van der Waals surface area contributed by atoms with E-state index >= 15 is 0 Å². The van der Waals surface area contributed by atoms with Crippen molar-refractivity contribution >= 4 is 5.83 Å². The predicted octanol–water partition coefficient (Wildman–Crippen LogP) is 4.18. The molecule has 0 heterocycles. The monoisotopic (exact) mass is 284 g/mol. The Morgan fingerprint density at radius 3 is 2.35 bits per heavy atom. The summed E-state index contributed by atoms with van der Waals surface area (Å²) in [7, 11) is 0. The van der Waals surface area contributed by atoms with Crippen LogP contribution >= 0.6 is 0 Å². The molecule has 1 aromatic carbocycles. The van der Waals surface area contributed by atoms with Gasteiger partial charge in [0.05, 0.1) is 5.57 Å². The normalized spacial score (nSPS) is 23.6. The topological polar surface area (TPSA) is 20.2 Å². The molecule has 1 aliphatic carbocycles. The number of hydrogen-bond donors (Lipinski definition) is 1. The number of allylic oxidation sites excluding steroid dienone is 2. The minimum Gasteiger partial charge on any atom is -0.381 e. The number of aliphatic hydroxyl groups is 1. The maximum absolute atomic E-state index is 13.9. The Labute approximate surface area is 113 Å². The van der Waals surface area contributed by atoms with Gasteiger partial charge in [0.2, 0.25) is 0 Å². The lowest BCUT2D eigenvalue weighted by molar-refractivity contribution is -0.0890. The van der Waals surface area contributed by atoms with Crippen LogP contribution in [0.5, 0.6) is 0 Å². The van der Waals surface area contributed by atoms with Gasteiger partial charge in [-0.2, -0.15) is 13.2 Å². The van der Waals surface area contributed by atoms with Gasteiger partial charge in [-0.1, -0.05) is 42.5 Å². The van der Waals surface area contributed by atoms with Crippen LogP contribution in [0.4, 0.5) is 17.6 Å². The van der Waals surface area contributed by atoms with Crippen molar-refractivity contribution in [1.82, 2.24) is 0 Å². The van der Waals surface area contributed by atoms with Crippen molar-refractivity contribution in [3.63, 3.8) is 0 Å². The van der Waals surface area contributed by atoms with Gasteiger partial charge < -0.3 is 5.11 Å². The third-order valence-electron chi connectivity index (χ3n) is 2.95. The van der Waals surface area contributed by atoms with E-state index in [4.69, 9.17) is 0 Å². The number of halogens is 4.